The highest BCUT2D eigenvalue weighted by molar-refractivity contribution is 5.95. The predicted molar refractivity (Wildman–Crippen MR) is 204 cm³/mol. The molecule has 0 bridgehead atoms. The first kappa shape index (κ1) is 44.2. The molecule has 3 atom stereocenters. The molecular formula is C35H60N12O6. The lowest BCUT2D eigenvalue weighted by Crippen LogP contribution is -2.49. The lowest BCUT2D eigenvalue weighted by molar-refractivity contribution is -0.131. The van der Waals surface area contributed by atoms with Crippen LogP contribution >= 0.6 is 0 Å². The van der Waals surface area contributed by atoms with Gasteiger partial charge in [0.2, 0.25) is 29.5 Å². The number of phenolic OH excluding ortho intramolecular Hbond substituents is 1. The van der Waals surface area contributed by atoms with Gasteiger partial charge in [-0.3, -0.25) is 29.0 Å². The Morgan fingerprint density at radius 2 is 1.42 bits per heavy atom. The van der Waals surface area contributed by atoms with Gasteiger partial charge in [-0.2, -0.15) is 0 Å². The maximum atomic E-state index is 12.8. The molecule has 0 fully saturated rings. The summed E-state index contributed by atoms with van der Waals surface area (Å²) in [6, 6.07) is 2.64. The number of amides is 5. The zero-order chi connectivity index (χ0) is 39.2. The molecule has 0 saturated carbocycles. The molecule has 1 aromatic carbocycles. The fraction of sp³-hybridized carbons (Fsp3) is 0.600. The van der Waals surface area contributed by atoms with Gasteiger partial charge in [-0.1, -0.05) is 12.5 Å². The predicted octanol–water partition coefficient (Wildman–Crippen LogP) is -1.50. The highest BCUT2D eigenvalue weighted by Gasteiger charge is 2.23. The first-order chi connectivity index (χ1) is 25.3. The van der Waals surface area contributed by atoms with E-state index in [1.54, 1.807) is 18.3 Å². The number of hydrogen-bond acceptors (Lipinski definition) is 10. The molecule has 1 heterocycles. The normalized spacial score (nSPS) is 12.8. The first-order valence-electron chi connectivity index (χ1n) is 18.2. The summed E-state index contributed by atoms with van der Waals surface area (Å²) in [4.78, 5) is 70.6. The van der Waals surface area contributed by atoms with Crippen LogP contribution in [0.3, 0.4) is 0 Å². The molecule has 16 N–H and O–H groups in total. The maximum absolute atomic E-state index is 12.8. The lowest BCUT2D eigenvalue weighted by atomic mass is 10.1. The minimum absolute atomic E-state index is 0.0212. The highest BCUT2D eigenvalue weighted by Crippen LogP contribution is 2.27. The number of benzene rings is 1. The molecule has 296 valence electrons. The largest absolute Gasteiger partial charge is 0.507 e. The number of guanidine groups is 1. The van der Waals surface area contributed by atoms with E-state index >= 15 is 0 Å². The second kappa shape index (κ2) is 24.3. The SMILES string of the molecule is CN(CCCCC(N)C(=O)NCCCCCNC(=O)C(CC(N)=O)NC(=O)Cc1c[nH]c2cccc(O)c12)CCCNC(=O)C(N)CCCN=C(N)N. The topological polar surface area (TPSA) is 315 Å². The van der Waals surface area contributed by atoms with E-state index in [0.717, 1.165) is 38.8 Å². The number of nitrogens with two attached hydrogens (primary N) is 5. The number of carbonyl (C=O) groups is 5. The van der Waals surface area contributed by atoms with Crippen LogP contribution in [0.1, 0.15) is 69.8 Å². The van der Waals surface area contributed by atoms with E-state index in [-0.39, 0.29) is 36.4 Å². The molecule has 0 aliphatic rings. The summed E-state index contributed by atoms with van der Waals surface area (Å²) in [5.41, 5.74) is 29.1. The van der Waals surface area contributed by atoms with Crippen LogP contribution in [0.2, 0.25) is 0 Å². The molecule has 2 aromatic rings. The number of H-pyrrole nitrogens is 1. The summed E-state index contributed by atoms with van der Waals surface area (Å²) in [6.45, 7) is 3.38. The number of fused-ring (bicyclic) bond motifs is 1. The van der Waals surface area contributed by atoms with E-state index in [9.17, 15) is 29.1 Å². The molecule has 18 heteroatoms. The van der Waals surface area contributed by atoms with Crippen LogP contribution in [-0.4, -0.2) is 115 Å². The lowest BCUT2D eigenvalue weighted by Gasteiger charge is -2.18. The number of nitrogens with zero attached hydrogens (tertiary/aromatic N) is 2. The van der Waals surface area contributed by atoms with Crippen molar-refractivity contribution in [2.24, 2.45) is 33.7 Å². The zero-order valence-corrected chi connectivity index (χ0v) is 30.8. The number of aromatic nitrogens is 1. The van der Waals surface area contributed by atoms with E-state index in [4.69, 9.17) is 28.7 Å². The van der Waals surface area contributed by atoms with Gasteiger partial charge >= 0.3 is 0 Å². The number of aromatic hydroxyl groups is 1. The number of nitrogens with one attached hydrogen (secondary N) is 5. The molecule has 0 aliphatic carbocycles. The number of aliphatic imine (C=N–C) groups is 1. The summed E-state index contributed by atoms with van der Waals surface area (Å²) in [5, 5.41) is 21.7. The number of rotatable bonds is 27. The van der Waals surface area contributed by atoms with Crippen LogP contribution in [0, 0.1) is 0 Å². The highest BCUT2D eigenvalue weighted by atomic mass is 16.3. The van der Waals surface area contributed by atoms with Crippen LogP contribution in [0.15, 0.2) is 29.4 Å². The zero-order valence-electron chi connectivity index (χ0n) is 30.8. The van der Waals surface area contributed by atoms with Crippen molar-refractivity contribution in [1.29, 1.82) is 0 Å². The Kier molecular flexibility index (Phi) is 20.3. The third-order valence-corrected chi connectivity index (χ3v) is 8.59. The van der Waals surface area contributed by atoms with Crippen molar-refractivity contribution in [2.45, 2.75) is 88.8 Å². The molecule has 0 aliphatic heterocycles. The van der Waals surface area contributed by atoms with Gasteiger partial charge in [0.15, 0.2) is 5.96 Å². The Morgan fingerprint density at radius 3 is 2.06 bits per heavy atom. The van der Waals surface area contributed by atoms with Crippen molar-refractivity contribution in [3.8, 4) is 5.75 Å². The van der Waals surface area contributed by atoms with Crippen molar-refractivity contribution in [3.63, 3.8) is 0 Å². The minimum atomic E-state index is -1.13. The number of aromatic amines is 1. The Balaban J connectivity index is 1.53. The molecule has 3 unspecified atom stereocenters. The van der Waals surface area contributed by atoms with Gasteiger partial charge in [-0.15, -0.1) is 0 Å². The van der Waals surface area contributed by atoms with Crippen molar-refractivity contribution in [3.05, 3.63) is 30.0 Å². The Labute approximate surface area is 310 Å². The van der Waals surface area contributed by atoms with Crippen LogP contribution < -0.4 is 49.9 Å². The molecule has 5 amide bonds. The van der Waals surface area contributed by atoms with E-state index in [0.29, 0.717) is 74.7 Å². The maximum Gasteiger partial charge on any atom is 0.243 e. The summed E-state index contributed by atoms with van der Waals surface area (Å²) in [7, 11) is 2.01. The summed E-state index contributed by atoms with van der Waals surface area (Å²) in [5.74, 6) is -2.10. The fourth-order valence-corrected chi connectivity index (χ4v) is 5.64. The van der Waals surface area contributed by atoms with E-state index in [1.165, 1.54) is 6.07 Å². The van der Waals surface area contributed by atoms with Gasteiger partial charge in [0.25, 0.3) is 0 Å². The molecular weight excluding hydrogens is 684 g/mol. The quantitative estimate of drug-likeness (QED) is 0.0284. The number of hydrogen-bond donors (Lipinski definition) is 11. The van der Waals surface area contributed by atoms with Crippen LogP contribution in [0.5, 0.6) is 5.75 Å². The average Bonchev–Trinajstić information content (AvgIpc) is 3.52. The third-order valence-electron chi connectivity index (χ3n) is 8.59. The van der Waals surface area contributed by atoms with Gasteiger partial charge in [0.05, 0.1) is 24.9 Å². The third kappa shape index (κ3) is 17.9. The number of phenols is 1. The van der Waals surface area contributed by atoms with Crippen LogP contribution in [0.4, 0.5) is 0 Å². The monoisotopic (exact) mass is 744 g/mol. The van der Waals surface area contributed by atoms with Crippen LogP contribution in [0.25, 0.3) is 10.9 Å². The van der Waals surface area contributed by atoms with Crippen LogP contribution in [-0.2, 0) is 30.4 Å². The van der Waals surface area contributed by atoms with Crippen molar-refractivity contribution in [1.82, 2.24) is 31.2 Å². The van der Waals surface area contributed by atoms with Gasteiger partial charge in [-0.25, -0.2) is 0 Å². The molecule has 18 nitrogen and oxygen atoms in total. The molecule has 2 rings (SSSR count). The first-order valence-corrected chi connectivity index (χ1v) is 18.2. The average molecular weight is 745 g/mol. The number of carbonyl (C=O) groups excluding carboxylic acids is 5. The Hall–Kier alpha value is -4.94. The minimum Gasteiger partial charge on any atom is -0.507 e. The summed E-state index contributed by atoms with van der Waals surface area (Å²) >= 11 is 0. The standard InChI is InChI=1S/C35H60N12O6/c1-47(19-9-17-42-33(52)25(37)11-8-16-44-35(39)40)18-6-3-10-24(36)32(51)41-14-4-2-5-15-43-34(53)27(21-29(38)49)46-30(50)20-23-22-45-26-12-7-13-28(48)31(23)26/h7,12-13,22,24-25,27,45,48H,2-6,8-11,14-21,36-37H2,1H3,(H2,38,49)(H,41,51)(H,42,52)(H,43,53)(H,46,50)(H4,39,40,44). The van der Waals surface area contributed by atoms with E-state index < -0.39 is 35.8 Å². The van der Waals surface area contributed by atoms with E-state index in [1.807, 2.05) is 7.05 Å². The molecule has 0 saturated heterocycles. The van der Waals surface area contributed by atoms with Crippen molar-refractivity contribution < 1.29 is 29.1 Å². The molecule has 0 spiro atoms. The van der Waals surface area contributed by atoms with Gasteiger partial charge < -0.3 is 64.9 Å². The van der Waals surface area contributed by atoms with E-state index in [2.05, 4.69) is 36.1 Å². The van der Waals surface area contributed by atoms with Gasteiger partial charge in [0.1, 0.15) is 11.8 Å². The molecule has 0 radical (unpaired) electrons. The second-order valence-corrected chi connectivity index (χ2v) is 13.2. The number of primary amides is 1. The van der Waals surface area contributed by atoms with Gasteiger partial charge in [-0.05, 0) is 89.2 Å². The smallest absolute Gasteiger partial charge is 0.243 e. The summed E-state index contributed by atoms with van der Waals surface area (Å²) in [6.07, 6.45) is 7.32. The van der Waals surface area contributed by atoms with Crippen molar-refractivity contribution in [2.75, 3.05) is 46.3 Å². The Bertz CT molecular complexity index is 1500. The molecule has 1 aromatic heterocycles. The van der Waals surface area contributed by atoms with Gasteiger partial charge in [0, 0.05) is 43.3 Å². The Morgan fingerprint density at radius 1 is 0.811 bits per heavy atom. The fourth-order valence-electron chi connectivity index (χ4n) is 5.64. The molecule has 53 heavy (non-hydrogen) atoms. The summed E-state index contributed by atoms with van der Waals surface area (Å²) < 4.78 is 0. The number of unbranched alkanes of at least 4 members (excludes halogenated alkanes) is 3. The van der Waals surface area contributed by atoms with Crippen molar-refractivity contribution >= 4 is 46.4 Å². The second-order valence-electron chi connectivity index (χ2n) is 13.2.